The largest absolute Gasteiger partial charge is 0.314 e. The maximum atomic E-state index is 5.21. The molecule has 0 aromatic carbocycles. The minimum absolute atomic E-state index is 0.918. The van der Waals surface area contributed by atoms with E-state index in [4.69, 9.17) is 4.84 Å². The van der Waals surface area contributed by atoms with Gasteiger partial charge in [-0.05, 0) is 0 Å². The number of hydroxylamine groups is 2. The Kier molecular flexibility index (Phi) is 2.94. The van der Waals surface area contributed by atoms with Crippen molar-refractivity contribution in [3.8, 4) is 0 Å². The summed E-state index contributed by atoms with van der Waals surface area (Å²) in [5, 5.41) is 5.39. The number of nitrogens with one attached hydrogen (secondary N) is 1. The third-order valence-corrected chi connectivity index (χ3v) is 2.49. The zero-order valence-corrected chi connectivity index (χ0v) is 7.46. The van der Waals surface area contributed by atoms with Crippen molar-refractivity contribution in [3.05, 3.63) is 0 Å². The Morgan fingerprint density at radius 3 is 2.42 bits per heavy atom. The van der Waals surface area contributed by atoms with Crippen LogP contribution < -0.4 is 5.32 Å². The van der Waals surface area contributed by atoms with Gasteiger partial charge in [-0.2, -0.15) is 5.06 Å². The van der Waals surface area contributed by atoms with Gasteiger partial charge in [-0.3, -0.25) is 9.74 Å². The summed E-state index contributed by atoms with van der Waals surface area (Å²) in [6.07, 6.45) is 0. The van der Waals surface area contributed by atoms with Gasteiger partial charge in [0.2, 0.25) is 0 Å². The molecule has 4 heteroatoms. The number of hydrogen-bond acceptors (Lipinski definition) is 4. The number of nitrogens with zero attached hydrogens (tertiary/aromatic N) is 2. The van der Waals surface area contributed by atoms with E-state index < -0.39 is 0 Å². The van der Waals surface area contributed by atoms with Crippen LogP contribution in [0.5, 0.6) is 0 Å². The molecule has 2 aliphatic rings. The second-order valence-electron chi connectivity index (χ2n) is 3.35. The lowest BCUT2D eigenvalue weighted by Crippen LogP contribution is -2.48. The Morgan fingerprint density at radius 1 is 1.08 bits per heavy atom. The lowest BCUT2D eigenvalue weighted by atomic mass is 10.3. The molecule has 0 bridgehead atoms. The molecule has 2 rings (SSSR count). The molecular formula is C8H17N3O. The van der Waals surface area contributed by atoms with Gasteiger partial charge in [0.25, 0.3) is 0 Å². The quantitative estimate of drug-likeness (QED) is 0.598. The van der Waals surface area contributed by atoms with Crippen LogP contribution in [0, 0.1) is 0 Å². The highest BCUT2D eigenvalue weighted by Crippen LogP contribution is 2.02. The third kappa shape index (κ3) is 2.17. The van der Waals surface area contributed by atoms with Gasteiger partial charge in [0.15, 0.2) is 0 Å². The van der Waals surface area contributed by atoms with Crippen molar-refractivity contribution in [2.75, 3.05) is 52.4 Å². The lowest BCUT2D eigenvalue weighted by Gasteiger charge is -2.33. The molecule has 2 fully saturated rings. The zero-order chi connectivity index (χ0) is 8.23. The Morgan fingerprint density at radius 2 is 1.83 bits per heavy atom. The van der Waals surface area contributed by atoms with E-state index in [0.717, 1.165) is 39.3 Å². The van der Waals surface area contributed by atoms with Gasteiger partial charge < -0.3 is 5.32 Å². The molecule has 12 heavy (non-hydrogen) atoms. The van der Waals surface area contributed by atoms with Crippen molar-refractivity contribution in [1.29, 1.82) is 0 Å². The molecule has 2 heterocycles. The first-order valence-corrected chi connectivity index (χ1v) is 4.76. The fourth-order valence-electron chi connectivity index (χ4n) is 1.58. The van der Waals surface area contributed by atoms with Crippen molar-refractivity contribution in [2.24, 2.45) is 0 Å². The summed E-state index contributed by atoms with van der Waals surface area (Å²) in [5.74, 6) is 0. The Balaban J connectivity index is 1.58. The van der Waals surface area contributed by atoms with E-state index in [9.17, 15) is 0 Å². The standard InChI is InChI=1S/C8H17N3O/c1-3-10(4-2-9-1)5-6-11-7-8-12-11/h9H,1-8H2. The predicted molar refractivity (Wildman–Crippen MR) is 46.8 cm³/mol. The average molecular weight is 171 g/mol. The number of hydrogen-bond donors (Lipinski definition) is 1. The molecule has 70 valence electrons. The van der Waals surface area contributed by atoms with Crippen molar-refractivity contribution < 1.29 is 4.84 Å². The normalized spacial score (nSPS) is 27.0. The highest BCUT2D eigenvalue weighted by molar-refractivity contribution is 4.68. The van der Waals surface area contributed by atoms with Gasteiger partial charge in [0.05, 0.1) is 6.61 Å². The molecule has 4 nitrogen and oxygen atoms in total. The summed E-state index contributed by atoms with van der Waals surface area (Å²) in [7, 11) is 0. The molecule has 0 unspecified atom stereocenters. The monoisotopic (exact) mass is 171 g/mol. The van der Waals surface area contributed by atoms with Crippen LogP contribution in [0.25, 0.3) is 0 Å². The third-order valence-electron chi connectivity index (χ3n) is 2.49. The predicted octanol–water partition coefficient (Wildman–Crippen LogP) is -0.861. The molecule has 0 aromatic rings. The molecule has 2 saturated heterocycles. The summed E-state index contributed by atoms with van der Waals surface area (Å²) in [4.78, 5) is 7.70. The van der Waals surface area contributed by atoms with Crippen LogP contribution in [0.1, 0.15) is 0 Å². The van der Waals surface area contributed by atoms with Crippen molar-refractivity contribution in [3.63, 3.8) is 0 Å². The lowest BCUT2D eigenvalue weighted by molar-refractivity contribution is -0.247. The van der Waals surface area contributed by atoms with Crippen LogP contribution in [-0.4, -0.2) is 62.4 Å². The first-order chi connectivity index (χ1) is 5.95. The van der Waals surface area contributed by atoms with Gasteiger partial charge in [0, 0.05) is 45.8 Å². The summed E-state index contributed by atoms with van der Waals surface area (Å²) in [6.45, 7) is 8.92. The molecule has 0 aromatic heterocycles. The van der Waals surface area contributed by atoms with Gasteiger partial charge >= 0.3 is 0 Å². The van der Waals surface area contributed by atoms with E-state index in [-0.39, 0.29) is 0 Å². The van der Waals surface area contributed by atoms with Crippen LogP contribution in [0.2, 0.25) is 0 Å². The van der Waals surface area contributed by atoms with Crippen LogP contribution in [0.15, 0.2) is 0 Å². The van der Waals surface area contributed by atoms with E-state index in [1.165, 1.54) is 13.1 Å². The summed E-state index contributed by atoms with van der Waals surface area (Å²) in [6, 6.07) is 0. The molecule has 0 aliphatic carbocycles. The van der Waals surface area contributed by atoms with Crippen LogP contribution in [-0.2, 0) is 4.84 Å². The Hall–Kier alpha value is -0.160. The smallest absolute Gasteiger partial charge is 0.0835 e. The Bertz CT molecular complexity index is 132. The van der Waals surface area contributed by atoms with E-state index in [1.54, 1.807) is 0 Å². The van der Waals surface area contributed by atoms with Crippen molar-refractivity contribution in [2.45, 2.75) is 0 Å². The van der Waals surface area contributed by atoms with Gasteiger partial charge in [-0.25, -0.2) is 0 Å². The van der Waals surface area contributed by atoms with Crippen molar-refractivity contribution in [1.82, 2.24) is 15.3 Å². The molecule has 0 amide bonds. The molecule has 0 saturated carbocycles. The minimum Gasteiger partial charge on any atom is -0.314 e. The molecule has 2 aliphatic heterocycles. The van der Waals surface area contributed by atoms with Gasteiger partial charge in [0.1, 0.15) is 0 Å². The summed E-state index contributed by atoms with van der Waals surface area (Å²) >= 11 is 0. The molecule has 1 N–H and O–H groups in total. The van der Waals surface area contributed by atoms with Crippen LogP contribution in [0.4, 0.5) is 0 Å². The second kappa shape index (κ2) is 4.18. The topological polar surface area (TPSA) is 27.7 Å². The number of rotatable bonds is 3. The van der Waals surface area contributed by atoms with E-state index in [2.05, 4.69) is 10.2 Å². The van der Waals surface area contributed by atoms with Crippen molar-refractivity contribution >= 4 is 0 Å². The molecule has 0 spiro atoms. The van der Waals surface area contributed by atoms with Gasteiger partial charge in [-0.15, -0.1) is 0 Å². The molecule has 0 atom stereocenters. The fourth-order valence-corrected chi connectivity index (χ4v) is 1.58. The SMILES string of the molecule is C1CN(CCN2CCO2)CCN1. The van der Waals surface area contributed by atoms with Gasteiger partial charge in [-0.1, -0.05) is 0 Å². The number of piperazine rings is 1. The average Bonchev–Trinajstić information content (AvgIpc) is 2.04. The summed E-state index contributed by atoms with van der Waals surface area (Å²) < 4.78 is 0. The fraction of sp³-hybridized carbons (Fsp3) is 1.00. The van der Waals surface area contributed by atoms with Crippen LogP contribution >= 0.6 is 0 Å². The second-order valence-corrected chi connectivity index (χ2v) is 3.35. The molecular weight excluding hydrogens is 154 g/mol. The maximum Gasteiger partial charge on any atom is 0.0835 e. The Labute approximate surface area is 73.4 Å². The first kappa shape index (κ1) is 8.44. The summed E-state index contributed by atoms with van der Waals surface area (Å²) in [5.41, 5.74) is 0. The zero-order valence-electron chi connectivity index (χ0n) is 7.46. The molecule has 0 radical (unpaired) electrons. The van der Waals surface area contributed by atoms with E-state index in [0.29, 0.717) is 0 Å². The minimum atomic E-state index is 0.918. The highest BCUT2D eigenvalue weighted by Gasteiger charge is 2.16. The maximum absolute atomic E-state index is 5.21. The van der Waals surface area contributed by atoms with Crippen LogP contribution in [0.3, 0.4) is 0 Å². The van der Waals surface area contributed by atoms with E-state index >= 15 is 0 Å². The highest BCUT2D eigenvalue weighted by atomic mass is 16.7. The van der Waals surface area contributed by atoms with E-state index in [1.807, 2.05) is 5.06 Å². The first-order valence-electron chi connectivity index (χ1n) is 4.76.